The van der Waals surface area contributed by atoms with E-state index < -0.39 is 0 Å². The summed E-state index contributed by atoms with van der Waals surface area (Å²) in [6.45, 7) is 6.53. The molecule has 0 spiro atoms. The highest BCUT2D eigenvalue weighted by Crippen LogP contribution is 2.36. The summed E-state index contributed by atoms with van der Waals surface area (Å²) in [7, 11) is 2.88. The molecule has 0 radical (unpaired) electrons. The summed E-state index contributed by atoms with van der Waals surface area (Å²) in [5.41, 5.74) is 6.20. The van der Waals surface area contributed by atoms with Crippen molar-refractivity contribution in [1.29, 1.82) is 0 Å². The van der Waals surface area contributed by atoms with Crippen LogP contribution in [0.2, 0.25) is 0 Å². The molecule has 0 saturated heterocycles. The number of aromatic nitrogens is 3. The zero-order chi connectivity index (χ0) is 28.0. The summed E-state index contributed by atoms with van der Waals surface area (Å²) < 4.78 is 12.2. The summed E-state index contributed by atoms with van der Waals surface area (Å²) in [6, 6.07) is 21.3. The molecule has 9 nitrogen and oxygen atoms in total. The monoisotopic (exact) mass is 545 g/mol. The molecule has 39 heavy (non-hydrogen) atoms. The summed E-state index contributed by atoms with van der Waals surface area (Å²) in [5, 5.41) is 23.5. The highest BCUT2D eigenvalue weighted by molar-refractivity contribution is 7.99. The van der Waals surface area contributed by atoms with Crippen LogP contribution in [-0.4, -0.2) is 52.0 Å². The lowest BCUT2D eigenvalue weighted by molar-refractivity contribution is -0.118. The number of rotatable bonds is 9. The Kier molecular flexibility index (Phi) is 8.55. The van der Waals surface area contributed by atoms with Gasteiger partial charge >= 0.3 is 0 Å². The maximum atomic E-state index is 12.6. The van der Waals surface area contributed by atoms with Crippen LogP contribution in [0.4, 0.5) is 0 Å². The second-order valence-corrected chi connectivity index (χ2v) is 10.6. The van der Waals surface area contributed by atoms with E-state index in [0.717, 1.165) is 11.3 Å². The molecule has 10 heteroatoms. The molecule has 1 aromatic heterocycles. The van der Waals surface area contributed by atoms with E-state index in [2.05, 4.69) is 53.6 Å². The minimum Gasteiger partial charge on any atom is -0.502 e. The van der Waals surface area contributed by atoms with Gasteiger partial charge in [0.05, 0.1) is 26.2 Å². The third-order valence-electron chi connectivity index (χ3n) is 5.89. The molecule has 4 rings (SSSR count). The minimum absolute atomic E-state index is 0.0446. The van der Waals surface area contributed by atoms with Gasteiger partial charge in [0.2, 0.25) is 5.75 Å². The Labute approximate surface area is 231 Å². The van der Waals surface area contributed by atoms with Crippen LogP contribution in [0.5, 0.6) is 17.2 Å². The summed E-state index contributed by atoms with van der Waals surface area (Å²) in [6.07, 6.45) is 1.44. The lowest BCUT2D eigenvalue weighted by Crippen LogP contribution is -2.20. The Balaban J connectivity index is 1.50. The molecule has 2 N–H and O–H groups in total. The van der Waals surface area contributed by atoms with Crippen LogP contribution in [0.25, 0.3) is 17.1 Å². The van der Waals surface area contributed by atoms with Crippen LogP contribution in [-0.2, 0) is 10.2 Å². The van der Waals surface area contributed by atoms with Gasteiger partial charge in [-0.3, -0.25) is 9.36 Å². The maximum Gasteiger partial charge on any atom is 0.250 e. The first-order chi connectivity index (χ1) is 18.7. The van der Waals surface area contributed by atoms with Gasteiger partial charge < -0.3 is 14.6 Å². The number of nitrogens with zero attached hydrogens (tertiary/aromatic N) is 4. The van der Waals surface area contributed by atoms with Crippen molar-refractivity contribution in [2.24, 2.45) is 5.10 Å². The topological polar surface area (TPSA) is 111 Å². The highest BCUT2D eigenvalue weighted by Gasteiger charge is 2.19. The van der Waals surface area contributed by atoms with Crippen LogP contribution in [0.3, 0.4) is 0 Å². The fourth-order valence-corrected chi connectivity index (χ4v) is 4.55. The summed E-state index contributed by atoms with van der Waals surface area (Å²) in [4.78, 5) is 12.6. The van der Waals surface area contributed by atoms with Gasteiger partial charge in [0.15, 0.2) is 22.5 Å². The molecule has 0 aliphatic rings. The number of carbonyl (C=O) groups excluding carboxylic acids is 1. The number of ether oxygens (including phenoxy) is 2. The number of aromatic hydroxyl groups is 1. The number of benzene rings is 3. The lowest BCUT2D eigenvalue weighted by atomic mass is 9.87. The largest absolute Gasteiger partial charge is 0.502 e. The van der Waals surface area contributed by atoms with Crippen LogP contribution in [0.1, 0.15) is 31.9 Å². The normalized spacial score (nSPS) is 11.5. The van der Waals surface area contributed by atoms with E-state index in [1.54, 1.807) is 12.1 Å². The fraction of sp³-hybridized carbons (Fsp3) is 0.241. The smallest absolute Gasteiger partial charge is 0.250 e. The number of hydrazone groups is 1. The Morgan fingerprint density at radius 3 is 2.26 bits per heavy atom. The number of para-hydroxylation sites is 1. The molecule has 0 aliphatic heterocycles. The number of phenolic OH excluding ortho intramolecular Hbond substituents is 1. The van der Waals surface area contributed by atoms with Crippen LogP contribution in [0.15, 0.2) is 77.0 Å². The number of hydrogen-bond acceptors (Lipinski definition) is 8. The van der Waals surface area contributed by atoms with Gasteiger partial charge in [0.25, 0.3) is 5.91 Å². The quantitative estimate of drug-likeness (QED) is 0.169. The number of phenols is 1. The third kappa shape index (κ3) is 6.58. The van der Waals surface area contributed by atoms with Crippen molar-refractivity contribution in [3.8, 4) is 34.3 Å². The highest BCUT2D eigenvalue weighted by atomic mass is 32.2. The van der Waals surface area contributed by atoms with E-state index in [-0.39, 0.29) is 34.3 Å². The number of carbonyl (C=O) groups is 1. The molecule has 0 saturated carbocycles. The van der Waals surface area contributed by atoms with E-state index in [4.69, 9.17) is 9.47 Å². The van der Waals surface area contributed by atoms with Gasteiger partial charge in [-0.2, -0.15) is 5.10 Å². The van der Waals surface area contributed by atoms with Gasteiger partial charge in [-0.25, -0.2) is 5.43 Å². The number of nitrogens with one attached hydrogen (secondary N) is 1. The van der Waals surface area contributed by atoms with E-state index in [1.807, 2.05) is 47.0 Å². The molecule has 4 aromatic rings. The van der Waals surface area contributed by atoms with Crippen LogP contribution >= 0.6 is 11.8 Å². The van der Waals surface area contributed by atoms with E-state index in [9.17, 15) is 9.90 Å². The van der Waals surface area contributed by atoms with E-state index >= 15 is 0 Å². The van der Waals surface area contributed by atoms with Gasteiger partial charge in [0, 0.05) is 16.8 Å². The number of thioether (sulfide) groups is 1. The molecular weight excluding hydrogens is 514 g/mol. The fourth-order valence-electron chi connectivity index (χ4n) is 3.81. The molecule has 0 atom stereocenters. The second-order valence-electron chi connectivity index (χ2n) is 9.66. The average molecular weight is 546 g/mol. The van der Waals surface area contributed by atoms with Crippen molar-refractivity contribution < 1.29 is 19.4 Å². The van der Waals surface area contributed by atoms with Gasteiger partial charge in [-0.1, -0.05) is 75.0 Å². The van der Waals surface area contributed by atoms with Crippen LogP contribution in [0, 0.1) is 0 Å². The van der Waals surface area contributed by atoms with Crippen molar-refractivity contribution in [3.05, 3.63) is 77.9 Å². The predicted molar refractivity (Wildman–Crippen MR) is 153 cm³/mol. The number of amides is 1. The molecule has 1 amide bonds. The minimum atomic E-state index is -0.312. The first kappa shape index (κ1) is 27.7. The molecule has 3 aromatic carbocycles. The molecule has 202 valence electrons. The second kappa shape index (κ2) is 12.0. The molecule has 1 heterocycles. The molecule has 0 fully saturated rings. The SMILES string of the molecule is COc1cc(/C=N\NC(=O)CSc2nnc(-c3ccc(C(C)(C)C)cc3)n2-c2ccccc2)cc(OC)c1O. The van der Waals surface area contributed by atoms with E-state index in [0.29, 0.717) is 16.5 Å². The molecule has 0 aliphatic carbocycles. The lowest BCUT2D eigenvalue weighted by Gasteiger charge is -2.19. The van der Waals surface area contributed by atoms with Crippen molar-refractivity contribution in [3.63, 3.8) is 0 Å². The van der Waals surface area contributed by atoms with Gasteiger partial charge in [-0.05, 0) is 35.2 Å². The van der Waals surface area contributed by atoms with E-state index in [1.165, 1.54) is 37.8 Å². The summed E-state index contributed by atoms with van der Waals surface area (Å²) in [5.74, 6) is 0.826. The Morgan fingerprint density at radius 1 is 1.03 bits per heavy atom. The standard InChI is InChI=1S/C29H31N5O4S/c1-29(2,3)21-13-11-20(12-14-21)27-32-33-28(34(27)22-9-7-6-8-10-22)39-18-25(35)31-30-17-19-15-23(37-4)26(36)24(16-19)38-5/h6-17,36H,18H2,1-5H3,(H,31,35)/b30-17-. The average Bonchev–Trinajstić information content (AvgIpc) is 3.36. The number of hydrogen-bond donors (Lipinski definition) is 2. The summed E-state index contributed by atoms with van der Waals surface area (Å²) >= 11 is 1.26. The van der Waals surface area contributed by atoms with Gasteiger partial charge in [-0.15, -0.1) is 10.2 Å². The third-order valence-corrected chi connectivity index (χ3v) is 6.82. The molecular formula is C29H31N5O4S. The van der Waals surface area contributed by atoms with Crippen molar-refractivity contribution >= 4 is 23.9 Å². The predicted octanol–water partition coefficient (Wildman–Crippen LogP) is 5.20. The van der Waals surface area contributed by atoms with Crippen molar-refractivity contribution in [2.45, 2.75) is 31.3 Å². The first-order valence-corrected chi connectivity index (χ1v) is 13.2. The first-order valence-electron chi connectivity index (χ1n) is 12.2. The number of methoxy groups -OCH3 is 2. The zero-order valence-electron chi connectivity index (χ0n) is 22.5. The van der Waals surface area contributed by atoms with Crippen molar-refractivity contribution in [2.75, 3.05) is 20.0 Å². The molecule has 0 unspecified atom stereocenters. The maximum absolute atomic E-state index is 12.6. The Bertz CT molecular complexity index is 1440. The van der Waals surface area contributed by atoms with Crippen molar-refractivity contribution in [1.82, 2.24) is 20.2 Å². The van der Waals surface area contributed by atoms with Gasteiger partial charge in [0.1, 0.15) is 0 Å². The Morgan fingerprint density at radius 2 is 1.67 bits per heavy atom. The Hall–Kier alpha value is -4.31. The molecule has 0 bridgehead atoms. The zero-order valence-corrected chi connectivity index (χ0v) is 23.3. The van der Waals surface area contributed by atoms with Crippen LogP contribution < -0.4 is 14.9 Å².